The molecule has 0 radical (unpaired) electrons. The molecular weight excluding hydrogens is 268 g/mol. The Morgan fingerprint density at radius 1 is 1.25 bits per heavy atom. The van der Waals surface area contributed by atoms with E-state index < -0.39 is 0 Å². The number of nitrogen functional groups attached to an aromatic ring is 1. The number of amidine groups is 1. The molecule has 0 amide bonds. The van der Waals surface area contributed by atoms with Gasteiger partial charge in [-0.25, -0.2) is 0 Å². The first-order valence-corrected chi connectivity index (χ1v) is 7.69. The lowest BCUT2D eigenvalue weighted by molar-refractivity contribution is 0.127. The zero-order valence-electron chi connectivity index (χ0n) is 11.4. The SMILES string of the molecule is CC1OCCC1Sc1ccc(C(=N)N)c2ccccc12. The highest BCUT2D eigenvalue weighted by Gasteiger charge is 2.25. The molecule has 0 aliphatic carbocycles. The normalized spacial score (nSPS) is 22.2. The largest absolute Gasteiger partial charge is 0.384 e. The van der Waals surface area contributed by atoms with E-state index in [1.54, 1.807) is 0 Å². The highest BCUT2D eigenvalue weighted by Crippen LogP contribution is 2.37. The first-order chi connectivity index (χ1) is 9.66. The number of fused-ring (bicyclic) bond motifs is 1. The Labute approximate surface area is 123 Å². The molecule has 1 fully saturated rings. The van der Waals surface area contributed by atoms with Gasteiger partial charge in [0, 0.05) is 22.3 Å². The number of rotatable bonds is 3. The fourth-order valence-corrected chi connectivity index (χ4v) is 3.90. The fourth-order valence-electron chi connectivity index (χ4n) is 2.64. The number of nitrogens with two attached hydrogens (primary N) is 1. The number of thioether (sulfide) groups is 1. The minimum absolute atomic E-state index is 0.121. The molecule has 4 heteroatoms. The molecule has 104 valence electrons. The molecule has 1 heterocycles. The third-order valence-electron chi connectivity index (χ3n) is 3.76. The summed E-state index contributed by atoms with van der Waals surface area (Å²) in [6.45, 7) is 2.99. The maximum absolute atomic E-state index is 7.69. The predicted molar refractivity (Wildman–Crippen MR) is 84.6 cm³/mol. The van der Waals surface area contributed by atoms with Gasteiger partial charge in [0.1, 0.15) is 5.84 Å². The van der Waals surface area contributed by atoms with Crippen molar-refractivity contribution in [1.82, 2.24) is 0 Å². The van der Waals surface area contributed by atoms with Crippen LogP contribution in [-0.2, 0) is 4.74 Å². The van der Waals surface area contributed by atoms with Gasteiger partial charge in [-0.05, 0) is 36.2 Å². The van der Waals surface area contributed by atoms with Crippen molar-refractivity contribution in [2.45, 2.75) is 29.6 Å². The third kappa shape index (κ3) is 2.41. The highest BCUT2D eigenvalue weighted by atomic mass is 32.2. The van der Waals surface area contributed by atoms with Gasteiger partial charge < -0.3 is 10.5 Å². The summed E-state index contributed by atoms with van der Waals surface area (Å²) in [5.41, 5.74) is 6.48. The van der Waals surface area contributed by atoms with E-state index in [0.717, 1.165) is 24.0 Å². The maximum atomic E-state index is 7.69. The van der Waals surface area contributed by atoms with Crippen LogP contribution in [-0.4, -0.2) is 23.8 Å². The van der Waals surface area contributed by atoms with Gasteiger partial charge in [0.25, 0.3) is 0 Å². The molecule has 3 N–H and O–H groups in total. The lowest BCUT2D eigenvalue weighted by Crippen LogP contribution is -2.14. The van der Waals surface area contributed by atoms with Gasteiger partial charge in [-0.15, -0.1) is 11.8 Å². The molecule has 2 aromatic carbocycles. The number of hydrogen-bond donors (Lipinski definition) is 2. The first kappa shape index (κ1) is 13.5. The molecule has 2 aromatic rings. The van der Waals surface area contributed by atoms with Crippen LogP contribution in [0.5, 0.6) is 0 Å². The summed E-state index contributed by atoms with van der Waals surface area (Å²) in [7, 11) is 0. The second-order valence-electron chi connectivity index (χ2n) is 5.09. The Balaban J connectivity index is 2.04. The second-order valence-corrected chi connectivity index (χ2v) is 6.37. The Morgan fingerprint density at radius 2 is 2.00 bits per heavy atom. The summed E-state index contributed by atoms with van der Waals surface area (Å²) in [5, 5.41) is 10.4. The standard InChI is InChI=1S/C16H18N2OS/c1-10-14(8-9-19-10)20-15-7-6-13(16(17)18)11-4-2-3-5-12(11)15/h2-7,10,14H,8-9H2,1H3,(H3,17,18). The van der Waals surface area contributed by atoms with Crippen LogP contribution in [0, 0.1) is 5.41 Å². The molecular formula is C16H18N2OS. The molecule has 3 rings (SSSR count). The second kappa shape index (κ2) is 5.46. The molecule has 2 unspecified atom stereocenters. The van der Waals surface area contributed by atoms with Gasteiger partial charge in [0.2, 0.25) is 0 Å². The lowest BCUT2D eigenvalue weighted by atomic mass is 10.0. The molecule has 1 aliphatic rings. The number of ether oxygens (including phenoxy) is 1. The molecule has 3 nitrogen and oxygen atoms in total. The van der Waals surface area contributed by atoms with Crippen LogP contribution in [0.3, 0.4) is 0 Å². The van der Waals surface area contributed by atoms with Crippen molar-refractivity contribution in [2.24, 2.45) is 5.73 Å². The van der Waals surface area contributed by atoms with Crippen LogP contribution in [0.15, 0.2) is 41.3 Å². The lowest BCUT2D eigenvalue weighted by Gasteiger charge is -2.16. The van der Waals surface area contributed by atoms with Gasteiger partial charge in [0.15, 0.2) is 0 Å². The van der Waals surface area contributed by atoms with E-state index in [0.29, 0.717) is 11.4 Å². The van der Waals surface area contributed by atoms with Gasteiger partial charge >= 0.3 is 0 Å². The van der Waals surface area contributed by atoms with Crippen molar-refractivity contribution in [3.63, 3.8) is 0 Å². The van der Waals surface area contributed by atoms with E-state index in [4.69, 9.17) is 15.9 Å². The monoisotopic (exact) mass is 286 g/mol. The van der Waals surface area contributed by atoms with Crippen LogP contribution in [0.4, 0.5) is 0 Å². The van der Waals surface area contributed by atoms with Crippen molar-refractivity contribution in [1.29, 1.82) is 5.41 Å². The van der Waals surface area contributed by atoms with E-state index in [-0.39, 0.29) is 5.84 Å². The Bertz CT molecular complexity index is 656. The fraction of sp³-hybridized carbons (Fsp3) is 0.312. The molecule has 0 aromatic heterocycles. The Morgan fingerprint density at radius 3 is 2.65 bits per heavy atom. The van der Waals surface area contributed by atoms with E-state index >= 15 is 0 Å². The smallest absolute Gasteiger partial charge is 0.123 e. The maximum Gasteiger partial charge on any atom is 0.123 e. The van der Waals surface area contributed by atoms with Crippen molar-refractivity contribution < 1.29 is 4.74 Å². The zero-order chi connectivity index (χ0) is 14.1. The molecule has 0 saturated carbocycles. The highest BCUT2D eigenvalue weighted by molar-refractivity contribution is 8.00. The van der Waals surface area contributed by atoms with Gasteiger partial charge in [-0.2, -0.15) is 0 Å². The molecule has 1 saturated heterocycles. The summed E-state index contributed by atoms with van der Waals surface area (Å²) < 4.78 is 5.64. The summed E-state index contributed by atoms with van der Waals surface area (Å²) in [5.74, 6) is 0.121. The molecule has 0 bridgehead atoms. The number of benzene rings is 2. The van der Waals surface area contributed by atoms with Crippen LogP contribution in [0.2, 0.25) is 0 Å². The zero-order valence-corrected chi connectivity index (χ0v) is 12.2. The number of nitrogens with one attached hydrogen (secondary N) is 1. The molecule has 0 spiro atoms. The van der Waals surface area contributed by atoms with Crippen molar-refractivity contribution in [3.05, 3.63) is 42.0 Å². The van der Waals surface area contributed by atoms with E-state index in [9.17, 15) is 0 Å². The van der Waals surface area contributed by atoms with Crippen molar-refractivity contribution in [3.8, 4) is 0 Å². The topological polar surface area (TPSA) is 59.1 Å². The molecule has 2 atom stereocenters. The van der Waals surface area contributed by atoms with Crippen LogP contribution in [0.1, 0.15) is 18.9 Å². The Hall–Kier alpha value is -1.52. The number of hydrogen-bond acceptors (Lipinski definition) is 3. The van der Waals surface area contributed by atoms with Gasteiger partial charge in [-0.3, -0.25) is 5.41 Å². The summed E-state index contributed by atoms with van der Waals surface area (Å²) in [6.07, 6.45) is 1.39. The van der Waals surface area contributed by atoms with Crippen LogP contribution >= 0.6 is 11.8 Å². The van der Waals surface area contributed by atoms with Crippen molar-refractivity contribution >= 4 is 28.4 Å². The minimum atomic E-state index is 0.121. The van der Waals surface area contributed by atoms with E-state index in [1.807, 2.05) is 36.0 Å². The van der Waals surface area contributed by atoms with Crippen LogP contribution < -0.4 is 5.73 Å². The predicted octanol–water partition coefficient (Wildman–Crippen LogP) is 3.39. The summed E-state index contributed by atoms with van der Waals surface area (Å²) in [4.78, 5) is 1.24. The third-order valence-corrected chi connectivity index (χ3v) is 5.29. The average Bonchev–Trinajstić information content (AvgIpc) is 2.84. The van der Waals surface area contributed by atoms with Crippen LogP contribution in [0.25, 0.3) is 10.8 Å². The molecule has 1 aliphatic heterocycles. The van der Waals surface area contributed by atoms with Gasteiger partial charge in [-0.1, -0.05) is 24.3 Å². The Kier molecular flexibility index (Phi) is 3.68. The van der Waals surface area contributed by atoms with Crippen molar-refractivity contribution in [2.75, 3.05) is 6.61 Å². The first-order valence-electron chi connectivity index (χ1n) is 6.81. The van der Waals surface area contributed by atoms with E-state index in [2.05, 4.69) is 19.1 Å². The van der Waals surface area contributed by atoms with E-state index in [1.165, 1.54) is 10.3 Å². The molecule has 20 heavy (non-hydrogen) atoms. The summed E-state index contributed by atoms with van der Waals surface area (Å²) in [6, 6.07) is 12.2. The quantitative estimate of drug-likeness (QED) is 0.671. The average molecular weight is 286 g/mol. The minimum Gasteiger partial charge on any atom is -0.384 e. The van der Waals surface area contributed by atoms with Gasteiger partial charge in [0.05, 0.1) is 6.10 Å². The summed E-state index contributed by atoms with van der Waals surface area (Å²) >= 11 is 1.87.